The van der Waals surface area contributed by atoms with E-state index in [0.29, 0.717) is 18.0 Å². The molecule has 0 saturated carbocycles. The van der Waals surface area contributed by atoms with E-state index in [1.165, 1.54) is 12.1 Å². The van der Waals surface area contributed by atoms with Crippen LogP contribution >= 0.6 is 11.8 Å². The lowest BCUT2D eigenvalue weighted by Gasteiger charge is -2.27. The van der Waals surface area contributed by atoms with E-state index < -0.39 is 11.6 Å². The summed E-state index contributed by atoms with van der Waals surface area (Å²) < 4.78 is 26.1. The minimum Gasteiger partial charge on any atom is -0.339 e. The van der Waals surface area contributed by atoms with E-state index >= 15 is 0 Å². The van der Waals surface area contributed by atoms with Crippen LogP contribution in [0.1, 0.15) is 0 Å². The van der Waals surface area contributed by atoms with Gasteiger partial charge in [0.15, 0.2) is 0 Å². The summed E-state index contributed by atoms with van der Waals surface area (Å²) in [7, 11) is 0. The second-order valence-electron chi connectivity index (χ2n) is 3.99. The molecule has 6 heteroatoms. The van der Waals surface area contributed by atoms with Gasteiger partial charge >= 0.3 is 0 Å². The quantitative estimate of drug-likeness (QED) is 0.846. The number of hydrogen-bond acceptors (Lipinski definition) is 3. The Morgan fingerprint density at radius 3 is 2.72 bits per heavy atom. The lowest BCUT2D eigenvalue weighted by molar-refractivity contribution is -0.128. The molecule has 0 atom stereocenters. The van der Waals surface area contributed by atoms with E-state index in [2.05, 4.69) is 5.32 Å². The predicted molar refractivity (Wildman–Crippen MR) is 66.5 cm³/mol. The lowest BCUT2D eigenvalue weighted by Crippen LogP contribution is -2.47. The first kappa shape index (κ1) is 13.3. The van der Waals surface area contributed by atoms with E-state index in [9.17, 15) is 13.6 Å². The van der Waals surface area contributed by atoms with E-state index in [-0.39, 0.29) is 11.7 Å². The number of halogens is 2. The van der Waals surface area contributed by atoms with Gasteiger partial charge in [0.2, 0.25) is 5.91 Å². The first-order valence-corrected chi connectivity index (χ1v) is 6.72. The van der Waals surface area contributed by atoms with Gasteiger partial charge in [-0.15, -0.1) is 11.8 Å². The van der Waals surface area contributed by atoms with Gasteiger partial charge in [0.1, 0.15) is 11.6 Å². The summed E-state index contributed by atoms with van der Waals surface area (Å²) >= 11 is 1.10. The highest BCUT2D eigenvalue weighted by Gasteiger charge is 2.16. The molecule has 1 N–H and O–H groups in total. The van der Waals surface area contributed by atoms with Gasteiger partial charge in [0.05, 0.1) is 5.75 Å². The van der Waals surface area contributed by atoms with Crippen LogP contribution in [0.4, 0.5) is 8.78 Å². The molecule has 1 aromatic rings. The fourth-order valence-electron chi connectivity index (χ4n) is 1.74. The topological polar surface area (TPSA) is 32.3 Å². The number of nitrogens with zero attached hydrogens (tertiary/aromatic N) is 1. The molecule has 0 unspecified atom stereocenters. The van der Waals surface area contributed by atoms with Crippen LogP contribution in [0.25, 0.3) is 0 Å². The van der Waals surface area contributed by atoms with Gasteiger partial charge in [-0.25, -0.2) is 8.78 Å². The summed E-state index contributed by atoms with van der Waals surface area (Å²) in [5.74, 6) is -1.05. The summed E-state index contributed by atoms with van der Waals surface area (Å²) in [6.45, 7) is 2.96. The highest BCUT2D eigenvalue weighted by atomic mass is 32.2. The number of rotatable bonds is 3. The molecular weight excluding hydrogens is 258 g/mol. The second-order valence-corrected chi connectivity index (χ2v) is 5.01. The monoisotopic (exact) mass is 272 g/mol. The highest BCUT2D eigenvalue weighted by Crippen LogP contribution is 2.22. The van der Waals surface area contributed by atoms with Gasteiger partial charge in [-0.2, -0.15) is 0 Å². The van der Waals surface area contributed by atoms with Crippen LogP contribution in [-0.2, 0) is 4.79 Å². The van der Waals surface area contributed by atoms with Crippen LogP contribution in [0.15, 0.2) is 23.1 Å². The molecule has 2 rings (SSSR count). The molecule has 1 aliphatic heterocycles. The molecule has 0 spiro atoms. The summed E-state index contributed by atoms with van der Waals surface area (Å²) in [6, 6.07) is 3.39. The Morgan fingerprint density at radius 1 is 1.33 bits per heavy atom. The average molecular weight is 272 g/mol. The molecule has 1 heterocycles. The number of thioether (sulfide) groups is 1. The van der Waals surface area contributed by atoms with Gasteiger partial charge in [0.25, 0.3) is 0 Å². The third-order valence-corrected chi connectivity index (χ3v) is 3.75. The summed E-state index contributed by atoms with van der Waals surface area (Å²) in [4.78, 5) is 13.9. The highest BCUT2D eigenvalue weighted by molar-refractivity contribution is 8.00. The maximum atomic E-state index is 13.3. The number of nitrogens with one attached hydrogen (secondary N) is 1. The molecule has 1 fully saturated rings. The lowest BCUT2D eigenvalue weighted by atomic mass is 10.3. The molecule has 0 bridgehead atoms. The zero-order valence-corrected chi connectivity index (χ0v) is 10.6. The SMILES string of the molecule is O=C(CSc1ccc(F)cc1F)N1CCNCC1. The smallest absolute Gasteiger partial charge is 0.233 e. The first-order chi connectivity index (χ1) is 8.66. The number of carbonyl (C=O) groups is 1. The minimum absolute atomic E-state index is 0.00905. The van der Waals surface area contributed by atoms with Crippen molar-refractivity contribution in [2.24, 2.45) is 0 Å². The molecular formula is C12H14F2N2OS. The Balaban J connectivity index is 1.88. The zero-order valence-electron chi connectivity index (χ0n) is 9.79. The van der Waals surface area contributed by atoms with Crippen LogP contribution in [0.3, 0.4) is 0 Å². The van der Waals surface area contributed by atoms with E-state index in [1.807, 2.05) is 0 Å². The molecule has 0 aromatic heterocycles. The Kier molecular flexibility index (Phi) is 4.54. The van der Waals surface area contributed by atoms with Crippen molar-refractivity contribution in [1.29, 1.82) is 0 Å². The first-order valence-electron chi connectivity index (χ1n) is 5.73. The Morgan fingerprint density at radius 2 is 2.06 bits per heavy atom. The van der Waals surface area contributed by atoms with Crippen molar-refractivity contribution in [1.82, 2.24) is 10.2 Å². The fraction of sp³-hybridized carbons (Fsp3) is 0.417. The summed E-state index contributed by atoms with van der Waals surface area (Å²) in [5.41, 5.74) is 0. The Hall–Kier alpha value is -1.14. The molecule has 98 valence electrons. The third-order valence-electron chi connectivity index (χ3n) is 2.71. The summed E-state index contributed by atoms with van der Waals surface area (Å²) in [5, 5.41) is 3.16. The van der Waals surface area contributed by atoms with Crippen molar-refractivity contribution in [2.45, 2.75) is 4.90 Å². The van der Waals surface area contributed by atoms with Crippen molar-refractivity contribution in [3.63, 3.8) is 0 Å². The largest absolute Gasteiger partial charge is 0.339 e. The Labute approximate surface area is 109 Å². The average Bonchev–Trinajstić information content (AvgIpc) is 2.38. The second kappa shape index (κ2) is 6.15. The van der Waals surface area contributed by atoms with Gasteiger partial charge in [-0.05, 0) is 12.1 Å². The minimum atomic E-state index is -0.617. The number of hydrogen-bond donors (Lipinski definition) is 1. The van der Waals surface area contributed by atoms with Crippen LogP contribution < -0.4 is 5.32 Å². The fourth-order valence-corrected chi connectivity index (χ4v) is 2.56. The molecule has 18 heavy (non-hydrogen) atoms. The molecule has 0 radical (unpaired) electrons. The van der Waals surface area contributed by atoms with Gasteiger partial charge in [-0.1, -0.05) is 0 Å². The van der Waals surface area contributed by atoms with Crippen molar-refractivity contribution < 1.29 is 13.6 Å². The van der Waals surface area contributed by atoms with Crippen molar-refractivity contribution >= 4 is 17.7 Å². The molecule has 1 amide bonds. The van der Waals surface area contributed by atoms with Crippen LogP contribution in [0.2, 0.25) is 0 Å². The maximum Gasteiger partial charge on any atom is 0.233 e. The van der Waals surface area contributed by atoms with Gasteiger partial charge in [-0.3, -0.25) is 4.79 Å². The standard InChI is InChI=1S/C12H14F2N2OS/c13-9-1-2-11(10(14)7-9)18-8-12(17)16-5-3-15-4-6-16/h1-2,7,15H,3-6,8H2. The molecule has 1 aromatic carbocycles. The van der Waals surface area contributed by atoms with Gasteiger partial charge < -0.3 is 10.2 Å². The van der Waals surface area contributed by atoms with Crippen LogP contribution in [0.5, 0.6) is 0 Å². The van der Waals surface area contributed by atoms with E-state index in [4.69, 9.17) is 0 Å². The van der Waals surface area contributed by atoms with E-state index in [0.717, 1.165) is 30.9 Å². The number of piperazine rings is 1. The third kappa shape index (κ3) is 3.43. The summed E-state index contributed by atoms with van der Waals surface area (Å²) in [6.07, 6.45) is 0. The maximum absolute atomic E-state index is 13.3. The van der Waals surface area contributed by atoms with Crippen molar-refractivity contribution in [3.05, 3.63) is 29.8 Å². The van der Waals surface area contributed by atoms with Crippen LogP contribution in [0, 0.1) is 11.6 Å². The number of carbonyl (C=O) groups excluding carboxylic acids is 1. The van der Waals surface area contributed by atoms with Crippen molar-refractivity contribution in [2.75, 3.05) is 31.9 Å². The molecule has 3 nitrogen and oxygen atoms in total. The van der Waals surface area contributed by atoms with Crippen molar-refractivity contribution in [3.8, 4) is 0 Å². The van der Waals surface area contributed by atoms with Gasteiger partial charge in [0, 0.05) is 37.1 Å². The molecule has 1 aliphatic rings. The predicted octanol–water partition coefficient (Wildman–Crippen LogP) is 1.49. The molecule has 1 saturated heterocycles. The van der Waals surface area contributed by atoms with Crippen LogP contribution in [-0.4, -0.2) is 42.7 Å². The number of amides is 1. The van der Waals surface area contributed by atoms with E-state index in [1.54, 1.807) is 4.90 Å². The normalized spacial score (nSPS) is 15.8. The zero-order chi connectivity index (χ0) is 13.0. The number of benzene rings is 1. The Bertz CT molecular complexity index is 436. The molecule has 0 aliphatic carbocycles.